The van der Waals surface area contributed by atoms with Crippen molar-refractivity contribution in [3.8, 4) is 0 Å². The van der Waals surface area contributed by atoms with Crippen LogP contribution in [0.3, 0.4) is 0 Å². The fourth-order valence-electron chi connectivity index (χ4n) is 7.81. The highest BCUT2D eigenvalue weighted by Gasteiger charge is 2.77. The second-order valence-electron chi connectivity index (χ2n) is 10.9. The third kappa shape index (κ3) is 2.90. The van der Waals surface area contributed by atoms with E-state index in [4.69, 9.17) is 9.47 Å². The zero-order valence-corrected chi connectivity index (χ0v) is 20.2. The summed E-state index contributed by atoms with van der Waals surface area (Å²) in [6.07, 6.45) is 5.24. The summed E-state index contributed by atoms with van der Waals surface area (Å²) in [7, 11) is 1.27. The molecule has 7 heteroatoms. The Hall–Kier alpha value is -2.02. The van der Waals surface area contributed by atoms with Crippen molar-refractivity contribution in [2.45, 2.75) is 83.6 Å². The highest BCUT2D eigenvalue weighted by molar-refractivity contribution is 6.01. The van der Waals surface area contributed by atoms with E-state index >= 15 is 4.39 Å². The summed E-state index contributed by atoms with van der Waals surface area (Å²) in [5.41, 5.74) is -4.98. The Morgan fingerprint density at radius 1 is 1.27 bits per heavy atom. The number of halogens is 1. The number of hydrogen-bond acceptors (Lipinski definition) is 6. The molecule has 182 valence electrons. The van der Waals surface area contributed by atoms with Crippen LogP contribution in [0, 0.1) is 28.6 Å². The number of aliphatic hydroxyl groups excluding tert-OH is 1. The number of ether oxygens (including phenoxy) is 2. The van der Waals surface area contributed by atoms with Crippen LogP contribution in [-0.4, -0.2) is 47.3 Å². The molecule has 0 bridgehead atoms. The maximum absolute atomic E-state index is 17.2. The van der Waals surface area contributed by atoms with Crippen LogP contribution < -0.4 is 0 Å². The third-order valence-corrected chi connectivity index (χ3v) is 9.40. The van der Waals surface area contributed by atoms with Crippen LogP contribution in [0.4, 0.5) is 4.39 Å². The van der Waals surface area contributed by atoms with Gasteiger partial charge in [-0.3, -0.25) is 9.59 Å². The molecule has 1 N–H and O–H groups in total. The molecular formula is C26H35FO6. The molecule has 4 aliphatic rings. The highest BCUT2D eigenvalue weighted by atomic mass is 19.1. The van der Waals surface area contributed by atoms with Crippen LogP contribution in [0.5, 0.6) is 0 Å². The predicted molar refractivity (Wildman–Crippen MR) is 119 cm³/mol. The van der Waals surface area contributed by atoms with Crippen molar-refractivity contribution in [1.82, 2.24) is 0 Å². The number of allylic oxidation sites excluding steroid dienone is 4. The van der Waals surface area contributed by atoms with Crippen LogP contribution in [0.15, 0.2) is 23.8 Å². The van der Waals surface area contributed by atoms with Gasteiger partial charge >= 0.3 is 11.9 Å². The largest absolute Gasteiger partial charge is 0.466 e. The smallest absolute Gasteiger partial charge is 0.351 e. The third-order valence-electron chi connectivity index (χ3n) is 9.40. The van der Waals surface area contributed by atoms with Gasteiger partial charge in [0.05, 0.1) is 13.2 Å². The minimum Gasteiger partial charge on any atom is -0.466 e. The Labute approximate surface area is 194 Å². The van der Waals surface area contributed by atoms with Gasteiger partial charge in [0.1, 0.15) is 0 Å². The van der Waals surface area contributed by atoms with Crippen molar-refractivity contribution >= 4 is 17.7 Å². The van der Waals surface area contributed by atoms with Crippen molar-refractivity contribution in [1.29, 1.82) is 0 Å². The average molecular weight is 463 g/mol. The second kappa shape index (κ2) is 7.76. The molecule has 0 saturated heterocycles. The van der Waals surface area contributed by atoms with Gasteiger partial charge < -0.3 is 14.6 Å². The standard InChI is InChI=1S/C26H35FO6/c1-6-7-21(30)33-26(22(31)32-5)15(2)12-19-18-9-8-16-13-17(28)10-11-23(16,3)25(18,27)20(29)14-24(19,26)4/h10-11,13,15,18-20,29H,6-9,12,14H2,1-5H3/t15-,18?,19?,20-,23?,24?,25?,26-/m0/s1. The summed E-state index contributed by atoms with van der Waals surface area (Å²) < 4.78 is 28.4. The van der Waals surface area contributed by atoms with Crippen molar-refractivity contribution in [3.05, 3.63) is 23.8 Å². The van der Waals surface area contributed by atoms with Gasteiger partial charge in [0.15, 0.2) is 11.5 Å². The molecule has 3 saturated carbocycles. The summed E-state index contributed by atoms with van der Waals surface area (Å²) in [5.74, 6) is -2.57. The van der Waals surface area contributed by atoms with Crippen molar-refractivity contribution in [3.63, 3.8) is 0 Å². The number of aliphatic hydroxyl groups is 1. The van der Waals surface area contributed by atoms with Gasteiger partial charge in [-0.25, -0.2) is 9.18 Å². The number of carbonyl (C=O) groups is 3. The summed E-state index contributed by atoms with van der Waals surface area (Å²) in [6.45, 7) is 7.30. The average Bonchev–Trinajstić information content (AvgIpc) is 2.97. The zero-order chi connectivity index (χ0) is 24.4. The lowest BCUT2D eigenvalue weighted by atomic mass is 9.44. The summed E-state index contributed by atoms with van der Waals surface area (Å²) >= 11 is 0. The number of alkyl halides is 1. The molecule has 0 aromatic rings. The van der Waals surface area contributed by atoms with E-state index < -0.39 is 52.0 Å². The molecule has 8 atom stereocenters. The molecule has 5 unspecified atom stereocenters. The van der Waals surface area contributed by atoms with E-state index in [2.05, 4.69) is 0 Å². The Kier molecular flexibility index (Phi) is 5.67. The van der Waals surface area contributed by atoms with Gasteiger partial charge in [-0.05, 0) is 57.1 Å². The molecule has 0 spiro atoms. The molecule has 0 aromatic carbocycles. The van der Waals surface area contributed by atoms with Gasteiger partial charge in [0.2, 0.25) is 5.60 Å². The van der Waals surface area contributed by atoms with E-state index in [9.17, 15) is 19.5 Å². The number of fused-ring (bicyclic) bond motifs is 5. The molecule has 0 radical (unpaired) electrons. The maximum atomic E-state index is 17.2. The zero-order valence-electron chi connectivity index (χ0n) is 20.2. The van der Waals surface area contributed by atoms with Crippen molar-refractivity contribution < 1.29 is 33.4 Å². The summed E-state index contributed by atoms with van der Waals surface area (Å²) in [5, 5.41) is 11.4. The lowest BCUT2D eigenvalue weighted by Gasteiger charge is -2.62. The lowest BCUT2D eigenvalue weighted by Crippen LogP contribution is -2.70. The minimum atomic E-state index is -2.00. The number of ketones is 1. The Morgan fingerprint density at radius 3 is 2.61 bits per heavy atom. The van der Waals surface area contributed by atoms with E-state index in [0.29, 0.717) is 31.3 Å². The topological polar surface area (TPSA) is 89.9 Å². The van der Waals surface area contributed by atoms with E-state index in [0.717, 1.165) is 0 Å². The van der Waals surface area contributed by atoms with Gasteiger partial charge in [-0.15, -0.1) is 0 Å². The first-order valence-corrected chi connectivity index (χ1v) is 12.0. The van der Waals surface area contributed by atoms with Gasteiger partial charge in [0.25, 0.3) is 0 Å². The number of hydrogen-bond donors (Lipinski definition) is 1. The van der Waals surface area contributed by atoms with E-state index in [1.54, 1.807) is 13.0 Å². The number of carbonyl (C=O) groups excluding carboxylic acids is 3. The molecule has 6 nitrogen and oxygen atoms in total. The quantitative estimate of drug-likeness (QED) is 0.638. The predicted octanol–water partition coefficient (Wildman–Crippen LogP) is 3.86. The molecule has 0 amide bonds. The Bertz CT molecular complexity index is 941. The fraction of sp³-hybridized carbons (Fsp3) is 0.731. The number of methoxy groups -OCH3 is 1. The monoisotopic (exact) mass is 462 g/mol. The van der Waals surface area contributed by atoms with Gasteiger partial charge in [-0.2, -0.15) is 0 Å². The second-order valence-corrected chi connectivity index (χ2v) is 10.9. The first-order valence-electron chi connectivity index (χ1n) is 12.0. The molecule has 0 aromatic heterocycles. The number of esters is 2. The summed E-state index contributed by atoms with van der Waals surface area (Å²) in [4.78, 5) is 37.9. The van der Waals surface area contributed by atoms with Gasteiger partial charge in [0, 0.05) is 29.1 Å². The van der Waals surface area contributed by atoms with Crippen LogP contribution in [0.25, 0.3) is 0 Å². The van der Waals surface area contributed by atoms with Crippen LogP contribution in [-0.2, 0) is 23.9 Å². The molecule has 4 aliphatic carbocycles. The minimum absolute atomic E-state index is 0.0475. The first kappa shape index (κ1) is 24.1. The summed E-state index contributed by atoms with van der Waals surface area (Å²) in [6, 6.07) is 0. The first-order chi connectivity index (χ1) is 15.4. The lowest BCUT2D eigenvalue weighted by molar-refractivity contribution is -0.235. The van der Waals surface area contributed by atoms with Crippen LogP contribution in [0.1, 0.15) is 66.2 Å². The number of rotatable bonds is 4. The molecular weight excluding hydrogens is 427 g/mol. The fourth-order valence-corrected chi connectivity index (χ4v) is 7.81. The Morgan fingerprint density at radius 2 is 1.97 bits per heavy atom. The highest BCUT2D eigenvalue weighted by Crippen LogP contribution is 2.71. The van der Waals surface area contributed by atoms with E-state index in [-0.39, 0.29) is 24.5 Å². The van der Waals surface area contributed by atoms with E-state index in [1.807, 2.05) is 20.8 Å². The molecule has 4 rings (SSSR count). The van der Waals surface area contributed by atoms with Crippen molar-refractivity contribution in [2.24, 2.45) is 28.6 Å². The van der Waals surface area contributed by atoms with Crippen molar-refractivity contribution in [2.75, 3.05) is 7.11 Å². The maximum Gasteiger partial charge on any atom is 0.351 e. The molecule has 0 heterocycles. The molecule has 3 fully saturated rings. The molecule has 33 heavy (non-hydrogen) atoms. The van der Waals surface area contributed by atoms with Gasteiger partial charge in [-0.1, -0.05) is 32.4 Å². The van der Waals surface area contributed by atoms with Crippen LogP contribution in [0.2, 0.25) is 0 Å². The SMILES string of the molecule is CCCC(=O)O[C@]1(C(=O)OC)[C@@H](C)CC2C3CCC4=CC(=O)C=CC4(C)C3(F)[C@@H](O)CC21C. The normalized spacial score (nSPS) is 46.0. The Balaban J connectivity index is 1.83. The van der Waals surface area contributed by atoms with E-state index in [1.165, 1.54) is 19.3 Å². The van der Waals surface area contributed by atoms with Crippen LogP contribution >= 0.6 is 0 Å². The molecule has 0 aliphatic heterocycles.